The van der Waals surface area contributed by atoms with Crippen LogP contribution in [-0.4, -0.2) is 56.3 Å². The number of fused-ring (bicyclic) bond motifs is 1. The number of nitriles is 1. The highest BCUT2D eigenvalue weighted by Gasteiger charge is 2.27. The maximum Gasteiger partial charge on any atom is 0.149 e. The van der Waals surface area contributed by atoms with E-state index in [0.29, 0.717) is 13.2 Å². The lowest BCUT2D eigenvalue weighted by Gasteiger charge is -2.33. The van der Waals surface area contributed by atoms with E-state index >= 15 is 0 Å². The Labute approximate surface area is 150 Å². The number of unbranched alkanes of at least 4 members (excludes halogenated alkanes) is 2. The first-order valence-corrected chi connectivity index (χ1v) is 9.45. The number of nitrogens with one attached hydrogen (secondary N) is 1. The van der Waals surface area contributed by atoms with E-state index in [1.807, 2.05) is 0 Å². The Morgan fingerprint density at radius 2 is 2.00 bits per heavy atom. The van der Waals surface area contributed by atoms with Gasteiger partial charge in [0.05, 0.1) is 18.8 Å². The SMILES string of the molecule is CCCCCNc1nc(N2CCOCC2)c(C#N)c2c1CN(C)CC2. The number of nitrogens with zero attached hydrogens (tertiary/aromatic N) is 4. The quantitative estimate of drug-likeness (QED) is 0.800. The number of ether oxygens (including phenoxy) is 1. The third-order valence-corrected chi connectivity index (χ3v) is 5.06. The molecule has 1 aromatic rings. The Hall–Kier alpha value is -1.84. The van der Waals surface area contributed by atoms with Gasteiger partial charge in [0, 0.05) is 38.3 Å². The smallest absolute Gasteiger partial charge is 0.149 e. The molecule has 0 radical (unpaired) electrons. The van der Waals surface area contributed by atoms with Crippen molar-refractivity contribution in [3.8, 4) is 6.07 Å². The van der Waals surface area contributed by atoms with Crippen molar-refractivity contribution < 1.29 is 4.74 Å². The maximum absolute atomic E-state index is 9.83. The Morgan fingerprint density at radius 3 is 2.72 bits per heavy atom. The predicted octanol–water partition coefficient (Wildman–Crippen LogP) is 2.38. The molecule has 0 amide bonds. The van der Waals surface area contributed by atoms with Gasteiger partial charge >= 0.3 is 0 Å². The maximum atomic E-state index is 9.83. The van der Waals surface area contributed by atoms with Crippen LogP contribution >= 0.6 is 0 Å². The molecule has 0 aliphatic carbocycles. The van der Waals surface area contributed by atoms with Crippen LogP contribution in [0.1, 0.15) is 42.9 Å². The Morgan fingerprint density at radius 1 is 1.20 bits per heavy atom. The average molecular weight is 343 g/mol. The average Bonchev–Trinajstić information content (AvgIpc) is 2.65. The van der Waals surface area contributed by atoms with E-state index in [1.165, 1.54) is 24.0 Å². The minimum absolute atomic E-state index is 0.700. The van der Waals surface area contributed by atoms with Gasteiger partial charge in [-0.1, -0.05) is 19.8 Å². The zero-order valence-corrected chi connectivity index (χ0v) is 15.5. The summed E-state index contributed by atoms with van der Waals surface area (Å²) in [5.41, 5.74) is 3.16. The van der Waals surface area contributed by atoms with Gasteiger partial charge in [-0.15, -0.1) is 0 Å². The number of anilines is 2. The number of pyridine rings is 1. The van der Waals surface area contributed by atoms with Crippen LogP contribution in [0.15, 0.2) is 0 Å². The summed E-state index contributed by atoms with van der Waals surface area (Å²) in [5, 5.41) is 13.4. The summed E-state index contributed by atoms with van der Waals surface area (Å²) in [6.07, 6.45) is 4.50. The number of morpholine rings is 1. The van der Waals surface area contributed by atoms with Gasteiger partial charge in [0.25, 0.3) is 0 Å². The molecule has 1 saturated heterocycles. The summed E-state index contributed by atoms with van der Waals surface area (Å²) in [4.78, 5) is 9.43. The monoisotopic (exact) mass is 343 g/mol. The van der Waals surface area contributed by atoms with E-state index in [9.17, 15) is 5.26 Å². The van der Waals surface area contributed by atoms with Crippen molar-refractivity contribution in [1.82, 2.24) is 9.88 Å². The molecular weight excluding hydrogens is 314 g/mol. The first-order valence-electron chi connectivity index (χ1n) is 9.45. The minimum Gasteiger partial charge on any atom is -0.378 e. The second kappa shape index (κ2) is 8.50. The molecule has 6 heteroatoms. The minimum atomic E-state index is 0.700. The predicted molar refractivity (Wildman–Crippen MR) is 100 cm³/mol. The van der Waals surface area contributed by atoms with Gasteiger partial charge in [-0.3, -0.25) is 0 Å². The molecule has 6 nitrogen and oxygen atoms in total. The van der Waals surface area contributed by atoms with Gasteiger partial charge in [-0.05, 0) is 25.5 Å². The van der Waals surface area contributed by atoms with Crippen molar-refractivity contribution in [2.24, 2.45) is 0 Å². The molecule has 0 unspecified atom stereocenters. The highest BCUT2D eigenvalue weighted by atomic mass is 16.5. The molecule has 3 heterocycles. The first kappa shape index (κ1) is 18.0. The highest BCUT2D eigenvalue weighted by Crippen LogP contribution is 2.33. The van der Waals surface area contributed by atoms with Crippen LogP contribution in [-0.2, 0) is 17.7 Å². The molecule has 1 N–H and O–H groups in total. The fourth-order valence-corrected chi connectivity index (χ4v) is 3.61. The van der Waals surface area contributed by atoms with Crippen LogP contribution in [0.2, 0.25) is 0 Å². The fourth-order valence-electron chi connectivity index (χ4n) is 3.61. The molecule has 0 spiro atoms. The molecule has 3 rings (SSSR count). The van der Waals surface area contributed by atoms with E-state index in [4.69, 9.17) is 9.72 Å². The molecule has 1 aromatic heterocycles. The highest BCUT2D eigenvalue weighted by molar-refractivity contribution is 5.67. The second-order valence-electron chi connectivity index (χ2n) is 6.95. The molecule has 0 bridgehead atoms. The standard InChI is InChI=1S/C19H29N5O/c1-3-4-5-7-21-18-17-14-23(2)8-6-15(17)16(13-20)19(22-18)24-9-11-25-12-10-24/h3-12,14H2,1-2H3,(H,21,22). The first-order chi connectivity index (χ1) is 12.2. The summed E-state index contributed by atoms with van der Waals surface area (Å²) in [6, 6.07) is 2.45. The Kier molecular flexibility index (Phi) is 6.11. The van der Waals surface area contributed by atoms with Crippen molar-refractivity contribution in [3.63, 3.8) is 0 Å². The third-order valence-electron chi connectivity index (χ3n) is 5.06. The molecule has 2 aliphatic rings. The number of hydrogen-bond donors (Lipinski definition) is 1. The van der Waals surface area contributed by atoms with Crippen molar-refractivity contribution in [3.05, 3.63) is 16.7 Å². The van der Waals surface area contributed by atoms with Crippen LogP contribution in [0.5, 0.6) is 0 Å². The number of hydrogen-bond acceptors (Lipinski definition) is 6. The van der Waals surface area contributed by atoms with E-state index in [2.05, 4.69) is 35.2 Å². The van der Waals surface area contributed by atoms with Crippen LogP contribution in [0, 0.1) is 11.3 Å². The van der Waals surface area contributed by atoms with Crippen molar-refractivity contribution in [2.45, 2.75) is 39.2 Å². The van der Waals surface area contributed by atoms with Gasteiger partial charge < -0.3 is 19.9 Å². The Balaban J connectivity index is 1.95. The van der Waals surface area contributed by atoms with Gasteiger partial charge in [-0.2, -0.15) is 5.26 Å². The summed E-state index contributed by atoms with van der Waals surface area (Å²) >= 11 is 0. The fraction of sp³-hybridized carbons (Fsp3) is 0.684. The summed E-state index contributed by atoms with van der Waals surface area (Å²) in [6.45, 7) is 8.00. The van der Waals surface area contributed by atoms with Crippen LogP contribution in [0.25, 0.3) is 0 Å². The molecule has 25 heavy (non-hydrogen) atoms. The van der Waals surface area contributed by atoms with Gasteiger partial charge in [0.15, 0.2) is 0 Å². The van der Waals surface area contributed by atoms with Gasteiger partial charge in [0.1, 0.15) is 17.7 Å². The third kappa shape index (κ3) is 4.05. The molecule has 136 valence electrons. The number of likely N-dealkylation sites (N-methyl/N-ethyl adjacent to an activating group) is 1. The van der Waals surface area contributed by atoms with E-state index < -0.39 is 0 Å². The number of rotatable bonds is 6. The zero-order valence-electron chi connectivity index (χ0n) is 15.5. The summed E-state index contributed by atoms with van der Waals surface area (Å²) in [7, 11) is 2.13. The van der Waals surface area contributed by atoms with Gasteiger partial charge in [-0.25, -0.2) is 4.98 Å². The summed E-state index contributed by atoms with van der Waals surface area (Å²) < 4.78 is 5.47. The van der Waals surface area contributed by atoms with Crippen molar-refractivity contribution >= 4 is 11.6 Å². The topological polar surface area (TPSA) is 64.4 Å². The molecule has 0 atom stereocenters. The molecule has 0 saturated carbocycles. The molecular formula is C19H29N5O. The van der Waals surface area contributed by atoms with Crippen LogP contribution in [0.3, 0.4) is 0 Å². The van der Waals surface area contributed by atoms with Crippen LogP contribution in [0.4, 0.5) is 11.6 Å². The molecule has 1 fully saturated rings. The lowest BCUT2D eigenvalue weighted by molar-refractivity contribution is 0.122. The van der Waals surface area contributed by atoms with Gasteiger partial charge in [0.2, 0.25) is 0 Å². The zero-order chi connectivity index (χ0) is 17.6. The summed E-state index contributed by atoms with van der Waals surface area (Å²) in [5.74, 6) is 1.81. The van der Waals surface area contributed by atoms with E-state index in [-0.39, 0.29) is 0 Å². The lowest BCUT2D eigenvalue weighted by Crippen LogP contribution is -2.38. The number of aromatic nitrogens is 1. The molecule has 0 aromatic carbocycles. The largest absolute Gasteiger partial charge is 0.378 e. The van der Waals surface area contributed by atoms with Crippen molar-refractivity contribution in [2.75, 3.05) is 56.7 Å². The Bertz CT molecular complexity index is 634. The second-order valence-corrected chi connectivity index (χ2v) is 6.95. The van der Waals surface area contributed by atoms with E-state index in [0.717, 1.165) is 62.8 Å². The normalized spacial score (nSPS) is 17.9. The lowest BCUT2D eigenvalue weighted by atomic mass is 9.95. The molecule has 2 aliphatic heterocycles. The van der Waals surface area contributed by atoms with Crippen molar-refractivity contribution in [1.29, 1.82) is 5.26 Å². The van der Waals surface area contributed by atoms with E-state index in [1.54, 1.807) is 0 Å². The van der Waals surface area contributed by atoms with Crippen LogP contribution < -0.4 is 10.2 Å².